The summed E-state index contributed by atoms with van der Waals surface area (Å²) >= 11 is 5.41. The first kappa shape index (κ1) is 17.0. The number of aryl methyl sites for hydroxylation is 1. The van der Waals surface area contributed by atoms with Crippen molar-refractivity contribution in [3.63, 3.8) is 0 Å². The Morgan fingerprint density at radius 2 is 1.90 bits per heavy atom. The smallest absolute Gasteiger partial charge is 0.170 e. The zero-order valence-corrected chi connectivity index (χ0v) is 14.1. The normalized spacial score (nSPS) is 10.7. The number of anilines is 1. The summed E-state index contributed by atoms with van der Waals surface area (Å²) in [5.41, 5.74) is 3.90. The molecule has 2 nitrogen and oxygen atoms in total. The van der Waals surface area contributed by atoms with E-state index in [1.165, 1.54) is 23.2 Å². The lowest BCUT2D eigenvalue weighted by molar-refractivity contribution is 0.648. The molecule has 1 aromatic rings. The van der Waals surface area contributed by atoms with Crippen LogP contribution in [-0.2, 0) is 12.8 Å². The Hall–Kier alpha value is -1.09. The lowest BCUT2D eigenvalue weighted by Gasteiger charge is -2.18. The Labute approximate surface area is 129 Å². The Balaban J connectivity index is 2.82. The molecule has 1 rings (SSSR count). The van der Waals surface area contributed by atoms with Crippen molar-refractivity contribution in [2.45, 2.75) is 53.4 Å². The van der Waals surface area contributed by atoms with Crippen molar-refractivity contribution >= 4 is 23.0 Å². The molecule has 112 valence electrons. The van der Waals surface area contributed by atoms with Crippen molar-refractivity contribution < 1.29 is 0 Å². The molecule has 0 aliphatic heterocycles. The van der Waals surface area contributed by atoms with E-state index >= 15 is 0 Å². The summed E-state index contributed by atoms with van der Waals surface area (Å²) in [4.78, 5) is 0. The summed E-state index contributed by atoms with van der Waals surface area (Å²) in [6.07, 6.45) is 4.43. The molecule has 2 N–H and O–H groups in total. The van der Waals surface area contributed by atoms with Gasteiger partial charge in [0.15, 0.2) is 5.11 Å². The Morgan fingerprint density at radius 3 is 2.50 bits per heavy atom. The summed E-state index contributed by atoms with van der Waals surface area (Å²) in [6, 6.07) is 6.53. The van der Waals surface area contributed by atoms with E-state index in [-0.39, 0.29) is 0 Å². The molecular weight excluding hydrogens is 264 g/mol. The van der Waals surface area contributed by atoms with E-state index in [0.717, 1.165) is 30.9 Å². The maximum Gasteiger partial charge on any atom is 0.170 e. The third kappa shape index (κ3) is 5.49. The molecule has 0 spiro atoms. The van der Waals surface area contributed by atoms with Crippen molar-refractivity contribution in [2.24, 2.45) is 5.92 Å². The van der Waals surface area contributed by atoms with Gasteiger partial charge in [0.05, 0.1) is 0 Å². The first-order valence-corrected chi connectivity index (χ1v) is 8.14. The van der Waals surface area contributed by atoms with E-state index in [4.69, 9.17) is 12.2 Å². The van der Waals surface area contributed by atoms with Gasteiger partial charge < -0.3 is 10.6 Å². The van der Waals surface area contributed by atoms with Gasteiger partial charge in [-0.25, -0.2) is 0 Å². The third-order valence-corrected chi connectivity index (χ3v) is 3.55. The molecule has 0 fully saturated rings. The molecule has 0 unspecified atom stereocenters. The van der Waals surface area contributed by atoms with Gasteiger partial charge in [0.25, 0.3) is 0 Å². The van der Waals surface area contributed by atoms with Crippen molar-refractivity contribution in [1.82, 2.24) is 5.32 Å². The van der Waals surface area contributed by atoms with Crippen LogP contribution in [-0.4, -0.2) is 11.7 Å². The zero-order valence-electron chi connectivity index (χ0n) is 13.3. The number of nitrogens with one attached hydrogen (secondary N) is 2. The minimum atomic E-state index is 0.643. The second-order valence-electron chi connectivity index (χ2n) is 5.64. The van der Waals surface area contributed by atoms with E-state index in [0.29, 0.717) is 5.92 Å². The lowest BCUT2D eigenvalue weighted by atomic mass is 9.97. The SMILES string of the molecule is CCCCNC(=S)Nc1c(CC)cccc1CC(C)C. The number of hydrogen-bond acceptors (Lipinski definition) is 1. The van der Waals surface area contributed by atoms with Crippen molar-refractivity contribution in [2.75, 3.05) is 11.9 Å². The van der Waals surface area contributed by atoms with Crippen LogP contribution < -0.4 is 10.6 Å². The van der Waals surface area contributed by atoms with Gasteiger partial charge in [0.2, 0.25) is 0 Å². The largest absolute Gasteiger partial charge is 0.362 e. The molecule has 0 aromatic heterocycles. The number of rotatable bonds is 7. The fourth-order valence-electron chi connectivity index (χ4n) is 2.25. The molecule has 0 aliphatic rings. The molecule has 0 radical (unpaired) electrons. The number of hydrogen-bond donors (Lipinski definition) is 2. The minimum Gasteiger partial charge on any atom is -0.362 e. The molecule has 0 atom stereocenters. The maximum absolute atomic E-state index is 5.41. The van der Waals surface area contributed by atoms with Crippen LogP contribution in [0.25, 0.3) is 0 Å². The topological polar surface area (TPSA) is 24.1 Å². The van der Waals surface area contributed by atoms with E-state index < -0.39 is 0 Å². The van der Waals surface area contributed by atoms with Crippen molar-refractivity contribution in [3.8, 4) is 0 Å². The van der Waals surface area contributed by atoms with Crippen LogP contribution in [0.2, 0.25) is 0 Å². The average molecular weight is 292 g/mol. The highest BCUT2D eigenvalue weighted by molar-refractivity contribution is 7.80. The number of benzene rings is 1. The third-order valence-electron chi connectivity index (χ3n) is 3.30. The highest BCUT2D eigenvalue weighted by Crippen LogP contribution is 2.24. The second-order valence-corrected chi connectivity index (χ2v) is 6.05. The van der Waals surface area contributed by atoms with Crippen LogP contribution in [0.1, 0.15) is 51.7 Å². The summed E-state index contributed by atoms with van der Waals surface area (Å²) in [5.74, 6) is 0.643. The molecule has 0 amide bonds. The van der Waals surface area contributed by atoms with Crippen LogP contribution in [0.4, 0.5) is 5.69 Å². The van der Waals surface area contributed by atoms with E-state index in [1.54, 1.807) is 0 Å². The quantitative estimate of drug-likeness (QED) is 0.570. The molecule has 0 saturated heterocycles. The first-order chi connectivity index (χ1) is 9.58. The van der Waals surface area contributed by atoms with E-state index in [2.05, 4.69) is 56.5 Å². The Morgan fingerprint density at radius 1 is 1.20 bits per heavy atom. The number of para-hydroxylation sites is 1. The van der Waals surface area contributed by atoms with Gasteiger partial charge in [-0.3, -0.25) is 0 Å². The highest BCUT2D eigenvalue weighted by atomic mass is 32.1. The predicted molar refractivity (Wildman–Crippen MR) is 93.5 cm³/mol. The fraction of sp³-hybridized carbons (Fsp3) is 0.588. The average Bonchev–Trinajstić information content (AvgIpc) is 2.40. The van der Waals surface area contributed by atoms with E-state index in [9.17, 15) is 0 Å². The summed E-state index contributed by atoms with van der Waals surface area (Å²) < 4.78 is 0. The minimum absolute atomic E-state index is 0.643. The Bertz CT molecular complexity index is 427. The van der Waals surface area contributed by atoms with Crippen LogP contribution >= 0.6 is 12.2 Å². The fourth-order valence-corrected chi connectivity index (χ4v) is 2.46. The van der Waals surface area contributed by atoms with Gasteiger partial charge in [-0.05, 0) is 48.5 Å². The monoisotopic (exact) mass is 292 g/mol. The molecule has 0 bridgehead atoms. The maximum atomic E-state index is 5.41. The Kier molecular flexibility index (Phi) is 7.60. The second kappa shape index (κ2) is 8.96. The molecule has 0 heterocycles. The summed E-state index contributed by atoms with van der Waals surface area (Å²) in [6.45, 7) is 9.81. The van der Waals surface area contributed by atoms with Crippen LogP contribution in [0, 0.1) is 5.92 Å². The van der Waals surface area contributed by atoms with Crippen LogP contribution in [0.3, 0.4) is 0 Å². The van der Waals surface area contributed by atoms with Crippen LogP contribution in [0.15, 0.2) is 18.2 Å². The standard InChI is InChI=1S/C17H28N2S/c1-5-7-11-18-17(20)19-16-14(6-2)9-8-10-15(16)12-13(3)4/h8-10,13H,5-7,11-12H2,1-4H3,(H2,18,19,20). The molecule has 0 saturated carbocycles. The lowest BCUT2D eigenvalue weighted by Crippen LogP contribution is -2.30. The van der Waals surface area contributed by atoms with Crippen molar-refractivity contribution in [3.05, 3.63) is 29.3 Å². The molecule has 3 heteroatoms. The van der Waals surface area contributed by atoms with Crippen LogP contribution in [0.5, 0.6) is 0 Å². The van der Waals surface area contributed by atoms with Gasteiger partial charge in [0, 0.05) is 12.2 Å². The molecule has 20 heavy (non-hydrogen) atoms. The summed E-state index contributed by atoms with van der Waals surface area (Å²) in [7, 11) is 0. The zero-order chi connectivity index (χ0) is 15.0. The highest BCUT2D eigenvalue weighted by Gasteiger charge is 2.10. The number of thiocarbonyl (C=S) groups is 1. The predicted octanol–water partition coefficient (Wildman–Crippen LogP) is 4.53. The van der Waals surface area contributed by atoms with Crippen molar-refractivity contribution in [1.29, 1.82) is 0 Å². The van der Waals surface area contributed by atoms with E-state index in [1.807, 2.05) is 0 Å². The van der Waals surface area contributed by atoms with Gasteiger partial charge in [0.1, 0.15) is 0 Å². The first-order valence-electron chi connectivity index (χ1n) is 7.74. The molecule has 1 aromatic carbocycles. The van der Waals surface area contributed by atoms with Gasteiger partial charge in [-0.2, -0.15) is 0 Å². The van der Waals surface area contributed by atoms with Gasteiger partial charge in [-0.15, -0.1) is 0 Å². The molecule has 0 aliphatic carbocycles. The van der Waals surface area contributed by atoms with Gasteiger partial charge in [-0.1, -0.05) is 52.3 Å². The van der Waals surface area contributed by atoms with Gasteiger partial charge >= 0.3 is 0 Å². The molecular formula is C17H28N2S. The summed E-state index contributed by atoms with van der Waals surface area (Å²) in [5, 5.41) is 7.44. The number of unbranched alkanes of at least 4 members (excludes halogenated alkanes) is 1.